The van der Waals surface area contributed by atoms with Crippen LogP contribution in [0.25, 0.3) is 0 Å². The van der Waals surface area contributed by atoms with Crippen LogP contribution in [0.1, 0.15) is 37.3 Å². The predicted octanol–water partition coefficient (Wildman–Crippen LogP) is 3.30. The normalized spacial score (nSPS) is 15.1. The monoisotopic (exact) mass is 504 g/mol. The number of nitriles is 1. The molecule has 0 atom stereocenters. The van der Waals surface area contributed by atoms with Gasteiger partial charge in [0.15, 0.2) is 5.96 Å². The lowest BCUT2D eigenvalue weighted by molar-refractivity contribution is 0.00990. The van der Waals surface area contributed by atoms with Crippen molar-refractivity contribution in [2.45, 2.75) is 38.8 Å². The molecular formula is C20H30FIN4O2. The van der Waals surface area contributed by atoms with Crippen LogP contribution in [0.15, 0.2) is 23.2 Å². The third kappa shape index (κ3) is 7.89. The molecule has 2 rings (SSSR count). The van der Waals surface area contributed by atoms with Gasteiger partial charge >= 0.3 is 0 Å². The van der Waals surface area contributed by atoms with E-state index < -0.39 is 0 Å². The molecule has 0 spiro atoms. The molecule has 1 aromatic carbocycles. The van der Waals surface area contributed by atoms with Gasteiger partial charge in [-0.2, -0.15) is 5.26 Å². The molecule has 6 nitrogen and oxygen atoms in total. The smallest absolute Gasteiger partial charge is 0.194 e. The Morgan fingerprint density at radius 2 is 2.11 bits per heavy atom. The summed E-state index contributed by atoms with van der Waals surface area (Å²) in [6, 6.07) is 6.39. The molecular weight excluding hydrogens is 474 g/mol. The fraction of sp³-hybridized carbons (Fsp3) is 0.600. The Kier molecular flexibility index (Phi) is 12.0. The number of aliphatic imine (C=N–C) groups is 1. The number of nitrogens with zero attached hydrogens (tertiary/aromatic N) is 3. The zero-order valence-corrected chi connectivity index (χ0v) is 18.9. The largest absolute Gasteiger partial charge is 0.385 e. The van der Waals surface area contributed by atoms with Crippen LogP contribution in [-0.4, -0.2) is 56.9 Å². The molecule has 28 heavy (non-hydrogen) atoms. The van der Waals surface area contributed by atoms with Gasteiger partial charge in [0.05, 0.1) is 24.3 Å². The second kappa shape index (κ2) is 13.7. The summed E-state index contributed by atoms with van der Waals surface area (Å²) in [5, 5.41) is 12.3. The van der Waals surface area contributed by atoms with Crippen molar-refractivity contribution < 1.29 is 13.9 Å². The van der Waals surface area contributed by atoms with Crippen LogP contribution in [-0.2, 0) is 16.0 Å². The fourth-order valence-corrected chi connectivity index (χ4v) is 3.04. The molecule has 0 amide bonds. The summed E-state index contributed by atoms with van der Waals surface area (Å²) in [6.07, 6.45) is 3.06. The number of ether oxygens (including phenoxy) is 2. The molecule has 1 aliphatic rings. The molecule has 8 heteroatoms. The van der Waals surface area contributed by atoms with Gasteiger partial charge in [0.25, 0.3) is 0 Å². The topological polar surface area (TPSA) is 69.9 Å². The van der Waals surface area contributed by atoms with E-state index in [1.165, 1.54) is 12.1 Å². The van der Waals surface area contributed by atoms with Gasteiger partial charge in [0, 0.05) is 45.5 Å². The highest BCUT2D eigenvalue weighted by Gasteiger charge is 2.21. The first kappa shape index (κ1) is 24.6. The summed E-state index contributed by atoms with van der Waals surface area (Å²) >= 11 is 0. The van der Waals surface area contributed by atoms with E-state index in [0.717, 1.165) is 58.1 Å². The number of halogens is 2. The number of methoxy groups -OCH3 is 1. The summed E-state index contributed by atoms with van der Waals surface area (Å²) in [6.45, 7) is 6.10. The minimum Gasteiger partial charge on any atom is -0.385 e. The van der Waals surface area contributed by atoms with Crippen LogP contribution < -0.4 is 5.32 Å². The Hall–Kier alpha value is -1.44. The Labute approximate surface area is 184 Å². The Balaban J connectivity index is 0.00000392. The van der Waals surface area contributed by atoms with Gasteiger partial charge in [-0.1, -0.05) is 0 Å². The summed E-state index contributed by atoms with van der Waals surface area (Å²) < 4.78 is 24.9. The lowest BCUT2D eigenvalue weighted by atomic mass is 10.1. The number of nitrogens with one attached hydrogen (secondary N) is 1. The summed E-state index contributed by atoms with van der Waals surface area (Å²) in [5.41, 5.74) is 0.874. The van der Waals surface area contributed by atoms with Crippen LogP contribution in [0.3, 0.4) is 0 Å². The lowest BCUT2D eigenvalue weighted by Crippen LogP contribution is -2.47. The number of benzene rings is 1. The van der Waals surface area contributed by atoms with E-state index in [-0.39, 0.29) is 42.4 Å². The van der Waals surface area contributed by atoms with Crippen LogP contribution >= 0.6 is 24.0 Å². The van der Waals surface area contributed by atoms with Crippen LogP contribution in [0.5, 0.6) is 0 Å². The van der Waals surface area contributed by atoms with Gasteiger partial charge in [0.2, 0.25) is 0 Å². The second-order valence-corrected chi connectivity index (χ2v) is 6.49. The molecule has 1 saturated heterocycles. The molecule has 0 aliphatic carbocycles. The van der Waals surface area contributed by atoms with Gasteiger partial charge in [-0.15, -0.1) is 24.0 Å². The minimum atomic E-state index is -0.336. The van der Waals surface area contributed by atoms with E-state index in [2.05, 4.69) is 15.2 Å². The molecule has 1 N–H and O–H groups in total. The van der Waals surface area contributed by atoms with E-state index in [0.29, 0.717) is 11.1 Å². The molecule has 0 radical (unpaired) electrons. The van der Waals surface area contributed by atoms with Gasteiger partial charge in [-0.25, -0.2) is 9.38 Å². The number of rotatable bonds is 8. The van der Waals surface area contributed by atoms with Crippen molar-refractivity contribution in [3.63, 3.8) is 0 Å². The molecule has 1 aromatic rings. The second-order valence-electron chi connectivity index (χ2n) is 6.49. The molecule has 0 saturated carbocycles. The van der Waals surface area contributed by atoms with Crippen LogP contribution in [0, 0.1) is 17.1 Å². The highest BCUT2D eigenvalue weighted by Crippen LogP contribution is 2.16. The van der Waals surface area contributed by atoms with Crippen molar-refractivity contribution in [2.24, 2.45) is 4.99 Å². The van der Waals surface area contributed by atoms with Crippen LogP contribution in [0.4, 0.5) is 4.39 Å². The number of piperidine rings is 1. The quantitative estimate of drug-likeness (QED) is 0.255. The highest BCUT2D eigenvalue weighted by atomic mass is 127. The number of hydrogen-bond donors (Lipinski definition) is 1. The van der Waals surface area contributed by atoms with E-state index in [9.17, 15) is 4.39 Å². The maximum absolute atomic E-state index is 14.0. The first-order chi connectivity index (χ1) is 13.2. The number of guanidine groups is 1. The Bertz CT molecular complexity index is 658. The average Bonchev–Trinajstić information content (AvgIpc) is 2.70. The van der Waals surface area contributed by atoms with Crippen molar-refractivity contribution in [1.29, 1.82) is 5.26 Å². The average molecular weight is 504 g/mol. The standard InChI is InChI=1S/C20H29FN4O2.HI/c1-3-23-20(24-15-17-13-16(14-22)5-6-19(17)21)25-9-7-18(8-10-25)27-12-4-11-26-2;/h5-6,13,18H,3-4,7-12,15H2,1-2H3,(H,23,24);1H. The van der Waals surface area contributed by atoms with Crippen molar-refractivity contribution in [3.8, 4) is 6.07 Å². The highest BCUT2D eigenvalue weighted by molar-refractivity contribution is 14.0. The Morgan fingerprint density at radius 1 is 1.36 bits per heavy atom. The van der Waals surface area contributed by atoms with Crippen molar-refractivity contribution >= 4 is 29.9 Å². The van der Waals surface area contributed by atoms with E-state index >= 15 is 0 Å². The van der Waals surface area contributed by atoms with Gasteiger partial charge in [-0.3, -0.25) is 0 Å². The van der Waals surface area contributed by atoms with Gasteiger partial charge in [0.1, 0.15) is 5.82 Å². The van der Waals surface area contributed by atoms with E-state index in [4.69, 9.17) is 14.7 Å². The third-order valence-corrected chi connectivity index (χ3v) is 4.50. The van der Waals surface area contributed by atoms with Crippen LogP contribution in [0.2, 0.25) is 0 Å². The SMILES string of the molecule is CCNC(=NCc1cc(C#N)ccc1F)N1CCC(OCCCOC)CC1.I. The zero-order chi connectivity index (χ0) is 19.5. The fourth-order valence-electron chi connectivity index (χ4n) is 3.04. The van der Waals surface area contributed by atoms with E-state index in [1.807, 2.05) is 13.0 Å². The maximum atomic E-state index is 14.0. The number of hydrogen-bond acceptors (Lipinski definition) is 4. The lowest BCUT2D eigenvalue weighted by Gasteiger charge is -2.34. The summed E-state index contributed by atoms with van der Waals surface area (Å²) in [5.74, 6) is 0.439. The first-order valence-corrected chi connectivity index (χ1v) is 9.50. The van der Waals surface area contributed by atoms with Crippen molar-refractivity contribution in [3.05, 3.63) is 35.1 Å². The predicted molar refractivity (Wildman–Crippen MR) is 118 cm³/mol. The molecule has 156 valence electrons. The number of likely N-dealkylation sites (tertiary alicyclic amines) is 1. The minimum absolute atomic E-state index is 0. The Morgan fingerprint density at radius 3 is 2.75 bits per heavy atom. The molecule has 0 unspecified atom stereocenters. The zero-order valence-electron chi connectivity index (χ0n) is 16.6. The van der Waals surface area contributed by atoms with Gasteiger partial charge < -0.3 is 19.7 Å². The molecule has 1 fully saturated rings. The van der Waals surface area contributed by atoms with Gasteiger partial charge in [-0.05, 0) is 44.4 Å². The van der Waals surface area contributed by atoms with Crippen molar-refractivity contribution in [1.82, 2.24) is 10.2 Å². The molecule has 1 aliphatic heterocycles. The first-order valence-electron chi connectivity index (χ1n) is 9.50. The molecule has 0 aromatic heterocycles. The third-order valence-electron chi connectivity index (χ3n) is 4.50. The van der Waals surface area contributed by atoms with Crippen molar-refractivity contribution in [2.75, 3.05) is 40.0 Å². The summed E-state index contributed by atoms with van der Waals surface area (Å²) in [7, 11) is 1.70. The van der Waals surface area contributed by atoms with E-state index in [1.54, 1.807) is 13.2 Å². The molecule has 0 bridgehead atoms. The molecule has 1 heterocycles. The summed E-state index contributed by atoms with van der Waals surface area (Å²) in [4.78, 5) is 6.76. The maximum Gasteiger partial charge on any atom is 0.194 e.